The number of alkyl carbamates (subject to hydrolysis) is 2. The summed E-state index contributed by atoms with van der Waals surface area (Å²) >= 11 is 1.32. The predicted molar refractivity (Wildman–Crippen MR) is 175 cm³/mol. The average Bonchev–Trinajstić information content (AvgIpc) is 3.27. The molecule has 1 heterocycles. The van der Waals surface area contributed by atoms with Crippen LogP contribution in [-0.4, -0.2) is 55.2 Å². The first-order valence-corrected chi connectivity index (χ1v) is 16.9. The molecule has 0 bridgehead atoms. The van der Waals surface area contributed by atoms with Crippen LogP contribution in [0.3, 0.4) is 0 Å². The van der Waals surface area contributed by atoms with Gasteiger partial charge in [-0.25, -0.2) is 23.0 Å². The van der Waals surface area contributed by atoms with E-state index in [-0.39, 0.29) is 10.8 Å². The fourth-order valence-electron chi connectivity index (χ4n) is 3.96. The molecular formula is C31H41N5O7S2. The van der Waals surface area contributed by atoms with Crippen LogP contribution in [0, 0.1) is 0 Å². The summed E-state index contributed by atoms with van der Waals surface area (Å²) in [6, 6.07) is 14.0. The molecular weight excluding hydrogens is 619 g/mol. The third kappa shape index (κ3) is 12.0. The Bertz CT molecular complexity index is 1580. The van der Waals surface area contributed by atoms with E-state index in [1.807, 2.05) is 24.3 Å². The Morgan fingerprint density at radius 2 is 1.38 bits per heavy atom. The highest BCUT2D eigenvalue weighted by Crippen LogP contribution is 2.34. The molecule has 4 N–H and O–H groups in total. The summed E-state index contributed by atoms with van der Waals surface area (Å²) in [4.78, 5) is 42.2. The van der Waals surface area contributed by atoms with Gasteiger partial charge in [-0.15, -0.1) is 0 Å². The zero-order valence-corrected chi connectivity index (χ0v) is 28.4. The number of hydrogen-bond acceptors (Lipinski definition) is 10. The highest BCUT2D eigenvalue weighted by Gasteiger charge is 2.23. The fraction of sp³-hybridized carbons (Fsp3) is 0.419. The van der Waals surface area contributed by atoms with Crippen LogP contribution in [0.4, 0.5) is 20.4 Å². The molecule has 0 fully saturated rings. The molecule has 0 spiro atoms. The smallest absolute Gasteiger partial charge is 0.410 e. The van der Waals surface area contributed by atoms with E-state index in [0.717, 1.165) is 28.0 Å². The van der Waals surface area contributed by atoms with Crippen molar-refractivity contribution < 1.29 is 32.3 Å². The number of nitrogens with zero attached hydrogens (tertiary/aromatic N) is 1. The lowest BCUT2D eigenvalue weighted by molar-refractivity contribution is -0.114. The Kier molecular flexibility index (Phi) is 11.2. The predicted octanol–water partition coefficient (Wildman–Crippen LogP) is 5.70. The number of sulfone groups is 1. The van der Waals surface area contributed by atoms with Gasteiger partial charge in [-0.3, -0.25) is 15.4 Å². The summed E-state index contributed by atoms with van der Waals surface area (Å²) in [5.74, 6) is -0.238. The van der Waals surface area contributed by atoms with Crippen molar-refractivity contribution in [2.45, 2.75) is 83.7 Å². The van der Waals surface area contributed by atoms with E-state index >= 15 is 0 Å². The summed E-state index contributed by atoms with van der Waals surface area (Å²) < 4.78 is 34.5. The Balaban J connectivity index is 1.74. The SMILES string of the molecule is CC(=O)Nc1nc(CCc2ccc(NC(NC(=O)OC(C)(C)C)NC(=O)OC(C)(C)C)cc2)c(-c2ccc(S(C)(=O)=O)cc2)s1. The van der Waals surface area contributed by atoms with Crippen LogP contribution < -0.4 is 21.3 Å². The molecule has 0 unspecified atom stereocenters. The van der Waals surface area contributed by atoms with Gasteiger partial charge in [-0.2, -0.15) is 0 Å². The Hall–Kier alpha value is -4.17. The summed E-state index contributed by atoms with van der Waals surface area (Å²) in [6.07, 6.45) is -0.152. The second-order valence-corrected chi connectivity index (χ2v) is 15.4. The van der Waals surface area contributed by atoms with Crippen molar-refractivity contribution in [3.63, 3.8) is 0 Å². The molecule has 3 rings (SSSR count). The van der Waals surface area contributed by atoms with Gasteiger partial charge in [-0.05, 0) is 89.8 Å². The van der Waals surface area contributed by atoms with E-state index in [9.17, 15) is 22.8 Å². The summed E-state index contributed by atoms with van der Waals surface area (Å²) in [7, 11) is -3.34. The van der Waals surface area contributed by atoms with Gasteiger partial charge in [-0.1, -0.05) is 35.6 Å². The molecule has 0 saturated carbocycles. The van der Waals surface area contributed by atoms with Crippen molar-refractivity contribution in [2.75, 3.05) is 16.9 Å². The number of anilines is 2. The summed E-state index contributed by atoms with van der Waals surface area (Å²) in [5.41, 5.74) is 1.70. The highest BCUT2D eigenvalue weighted by molar-refractivity contribution is 7.90. The lowest BCUT2D eigenvalue weighted by Gasteiger charge is -2.27. The number of aryl methyl sites for hydroxylation is 2. The number of thiazole rings is 1. The van der Waals surface area contributed by atoms with E-state index in [0.29, 0.717) is 23.7 Å². The minimum absolute atomic E-state index is 0.220. The third-order valence-electron chi connectivity index (χ3n) is 5.76. The Labute approximate surface area is 268 Å². The number of benzene rings is 2. The maximum absolute atomic E-state index is 12.4. The van der Waals surface area contributed by atoms with Crippen molar-refractivity contribution in [3.05, 3.63) is 59.8 Å². The number of carbonyl (C=O) groups is 3. The molecule has 0 aliphatic carbocycles. The van der Waals surface area contributed by atoms with Gasteiger partial charge in [0, 0.05) is 18.9 Å². The number of amides is 3. The minimum Gasteiger partial charge on any atom is -0.444 e. The molecule has 14 heteroatoms. The van der Waals surface area contributed by atoms with Gasteiger partial charge in [0.15, 0.2) is 21.3 Å². The lowest BCUT2D eigenvalue weighted by Crippen LogP contribution is -2.54. The number of rotatable bonds is 10. The van der Waals surface area contributed by atoms with Crippen molar-refractivity contribution in [3.8, 4) is 10.4 Å². The van der Waals surface area contributed by atoms with Gasteiger partial charge in [0.25, 0.3) is 0 Å². The van der Waals surface area contributed by atoms with Crippen molar-refractivity contribution in [1.82, 2.24) is 15.6 Å². The van der Waals surface area contributed by atoms with E-state index in [1.165, 1.54) is 18.3 Å². The van der Waals surface area contributed by atoms with Crippen LogP contribution in [0.15, 0.2) is 53.4 Å². The van der Waals surface area contributed by atoms with Gasteiger partial charge in [0.05, 0.1) is 15.5 Å². The topological polar surface area (TPSA) is 165 Å². The standard InChI is InChI=1S/C31H41N5O7S2/c1-19(37)32-27-34-24(25(44-27)21-12-16-23(17-13-21)45(8,40)41)18-11-20-9-14-22(15-10-20)33-26(35-28(38)42-30(2,3)4)36-29(39)43-31(5,6)7/h9-10,12-17,26,33H,11,18H2,1-8H3,(H,35,38)(H,36,39)(H,32,34,37). The van der Waals surface area contributed by atoms with Gasteiger partial charge in [0.2, 0.25) is 5.91 Å². The maximum atomic E-state index is 12.4. The Morgan fingerprint density at radius 1 is 0.844 bits per heavy atom. The number of aromatic nitrogens is 1. The average molecular weight is 660 g/mol. The summed E-state index contributed by atoms with van der Waals surface area (Å²) in [6.45, 7) is 11.8. The zero-order valence-electron chi connectivity index (χ0n) is 26.7. The number of nitrogens with one attached hydrogen (secondary N) is 4. The molecule has 3 amide bonds. The number of ether oxygens (including phenoxy) is 2. The molecule has 0 aliphatic rings. The molecule has 0 radical (unpaired) electrons. The van der Waals surface area contributed by atoms with E-state index in [2.05, 4.69) is 26.3 Å². The van der Waals surface area contributed by atoms with Crippen LogP contribution in [-0.2, 0) is 36.9 Å². The van der Waals surface area contributed by atoms with Crippen LogP contribution in [0.5, 0.6) is 0 Å². The van der Waals surface area contributed by atoms with Gasteiger partial charge in [0.1, 0.15) is 11.2 Å². The van der Waals surface area contributed by atoms with Crippen LogP contribution in [0.1, 0.15) is 59.7 Å². The van der Waals surface area contributed by atoms with E-state index in [1.54, 1.807) is 65.8 Å². The first-order chi connectivity index (χ1) is 20.8. The molecule has 45 heavy (non-hydrogen) atoms. The molecule has 1 aromatic heterocycles. The van der Waals surface area contributed by atoms with Crippen molar-refractivity contribution >= 4 is 50.1 Å². The maximum Gasteiger partial charge on any atom is 0.410 e. The van der Waals surface area contributed by atoms with Gasteiger partial charge >= 0.3 is 12.2 Å². The van der Waals surface area contributed by atoms with Crippen LogP contribution in [0.2, 0.25) is 0 Å². The molecule has 0 atom stereocenters. The Morgan fingerprint density at radius 3 is 1.84 bits per heavy atom. The normalized spacial score (nSPS) is 11.9. The van der Waals surface area contributed by atoms with E-state index < -0.39 is 39.5 Å². The molecule has 0 aliphatic heterocycles. The van der Waals surface area contributed by atoms with Crippen molar-refractivity contribution in [1.29, 1.82) is 0 Å². The first-order valence-electron chi connectivity index (χ1n) is 14.2. The monoisotopic (exact) mass is 659 g/mol. The third-order valence-corrected chi connectivity index (χ3v) is 7.95. The largest absolute Gasteiger partial charge is 0.444 e. The highest BCUT2D eigenvalue weighted by atomic mass is 32.2. The molecule has 12 nitrogen and oxygen atoms in total. The van der Waals surface area contributed by atoms with E-state index in [4.69, 9.17) is 9.47 Å². The van der Waals surface area contributed by atoms with Crippen LogP contribution in [0.25, 0.3) is 10.4 Å². The zero-order chi connectivity index (χ0) is 33.6. The second-order valence-electron chi connectivity index (χ2n) is 12.3. The quantitative estimate of drug-likeness (QED) is 0.200. The van der Waals surface area contributed by atoms with Crippen LogP contribution >= 0.6 is 11.3 Å². The summed E-state index contributed by atoms with van der Waals surface area (Å²) in [5, 5.41) is 11.4. The fourth-order valence-corrected chi connectivity index (χ4v) is 5.65. The molecule has 0 saturated heterocycles. The lowest BCUT2D eigenvalue weighted by atomic mass is 10.1. The first kappa shape index (κ1) is 35.3. The second kappa shape index (κ2) is 14.3. The van der Waals surface area contributed by atoms with Crippen molar-refractivity contribution in [2.24, 2.45) is 0 Å². The molecule has 2 aromatic carbocycles. The van der Waals surface area contributed by atoms with Gasteiger partial charge < -0.3 is 20.1 Å². The molecule has 3 aromatic rings. The minimum atomic E-state index is -3.34. The number of carbonyl (C=O) groups excluding carboxylic acids is 3. The number of hydrogen-bond donors (Lipinski definition) is 4. The molecule has 244 valence electrons.